The van der Waals surface area contributed by atoms with Crippen LogP contribution in [0, 0.1) is 0 Å². The Kier molecular flexibility index (Phi) is 10.1. The number of Topliss-reactive ketones (excluding diaryl/α,β-unsaturated/α-hetero) is 1. The van der Waals surface area contributed by atoms with E-state index in [0.717, 1.165) is 38.0 Å². The zero-order chi connectivity index (χ0) is 26.9. The first-order valence-corrected chi connectivity index (χ1v) is 13.4. The average molecular weight is 509 g/mol. The Balaban J connectivity index is 1.98. The van der Waals surface area contributed by atoms with Gasteiger partial charge in [0.2, 0.25) is 5.78 Å². The maximum atomic E-state index is 13.6. The number of hydrogen-bond acceptors (Lipinski definition) is 5. The van der Waals surface area contributed by atoms with Crippen LogP contribution in [0.25, 0.3) is 5.76 Å². The third-order valence-corrected chi connectivity index (χ3v) is 6.62. The van der Waals surface area contributed by atoms with Gasteiger partial charge in [0.25, 0.3) is 5.91 Å². The van der Waals surface area contributed by atoms with Crippen molar-refractivity contribution in [1.29, 1.82) is 0 Å². The molecule has 0 spiro atoms. The molecule has 1 heterocycles. The van der Waals surface area contributed by atoms with Crippen LogP contribution in [0.1, 0.15) is 64.6 Å². The van der Waals surface area contributed by atoms with Gasteiger partial charge in [-0.1, -0.05) is 36.9 Å². The number of rotatable bonds is 13. The minimum atomic E-state index is -0.731. The van der Waals surface area contributed by atoms with Gasteiger partial charge in [-0.25, -0.2) is 0 Å². The summed E-state index contributed by atoms with van der Waals surface area (Å²) in [7, 11) is 0. The molecule has 7 heteroatoms. The Morgan fingerprint density at radius 3 is 2.16 bits per heavy atom. The predicted octanol–water partition coefficient (Wildman–Crippen LogP) is 2.80. The molecule has 0 radical (unpaired) electrons. The largest absolute Gasteiger partial charge is 0.872 e. The van der Waals surface area contributed by atoms with Crippen LogP contribution in [-0.4, -0.2) is 55.5 Å². The van der Waals surface area contributed by atoms with E-state index >= 15 is 0 Å². The van der Waals surface area contributed by atoms with Gasteiger partial charge in [0, 0.05) is 18.5 Å². The minimum absolute atomic E-state index is 0.0000550. The highest BCUT2D eigenvalue weighted by Gasteiger charge is 2.44. The second-order valence-corrected chi connectivity index (χ2v) is 9.64. The van der Waals surface area contributed by atoms with Crippen LogP contribution in [0.3, 0.4) is 0 Å². The Labute approximate surface area is 220 Å². The Hall–Kier alpha value is -3.32. The van der Waals surface area contributed by atoms with E-state index in [9.17, 15) is 14.7 Å². The molecule has 1 amide bonds. The summed E-state index contributed by atoms with van der Waals surface area (Å²) in [5.41, 5.74) is 1.08. The molecule has 0 saturated carbocycles. The fourth-order valence-corrected chi connectivity index (χ4v) is 4.63. The van der Waals surface area contributed by atoms with Crippen molar-refractivity contribution in [3.63, 3.8) is 0 Å². The minimum Gasteiger partial charge on any atom is -0.872 e. The van der Waals surface area contributed by atoms with Crippen molar-refractivity contribution >= 4 is 17.4 Å². The highest BCUT2D eigenvalue weighted by Crippen LogP contribution is 2.39. The molecule has 7 nitrogen and oxygen atoms in total. The van der Waals surface area contributed by atoms with Gasteiger partial charge in [-0.15, -0.1) is 0 Å². The molecular weight excluding hydrogens is 468 g/mol. The normalized spacial score (nSPS) is 17.2. The molecule has 1 aliphatic heterocycles. The molecular formula is C30H40N2O5. The van der Waals surface area contributed by atoms with Crippen LogP contribution >= 0.6 is 0 Å². The zero-order valence-electron chi connectivity index (χ0n) is 22.7. The molecule has 1 fully saturated rings. The standard InChI is InChI=1S/C30H40N2O5/c1-6-20-36-24-14-10-22(11-15-24)27-26(28(33)23-12-16-25(17-13-23)37-21(4)5)29(34)30(35)32(27)19-9-18-31(7-2)8-3/h10-17,21,27,33H,6-9,18-20H2,1-5H3. The Morgan fingerprint density at radius 1 is 0.973 bits per heavy atom. The average Bonchev–Trinajstić information content (AvgIpc) is 3.15. The molecule has 37 heavy (non-hydrogen) atoms. The van der Waals surface area contributed by atoms with E-state index < -0.39 is 23.5 Å². The summed E-state index contributed by atoms with van der Waals surface area (Å²) < 4.78 is 11.4. The number of nitrogens with zero attached hydrogens (tertiary/aromatic N) is 1. The highest BCUT2D eigenvalue weighted by atomic mass is 16.5. The van der Waals surface area contributed by atoms with Crippen LogP contribution in [0.5, 0.6) is 11.5 Å². The topological polar surface area (TPSA) is 83.3 Å². The van der Waals surface area contributed by atoms with Gasteiger partial charge in [-0.2, -0.15) is 0 Å². The summed E-state index contributed by atoms with van der Waals surface area (Å²) in [5, 5.41) is 13.6. The Morgan fingerprint density at radius 2 is 1.59 bits per heavy atom. The van der Waals surface area contributed by atoms with E-state index in [4.69, 9.17) is 9.47 Å². The van der Waals surface area contributed by atoms with Crippen molar-refractivity contribution < 1.29 is 29.1 Å². The number of ketones is 1. The molecule has 3 rings (SSSR count). The first kappa shape index (κ1) is 28.3. The first-order chi connectivity index (χ1) is 17.8. The number of carbonyl (C=O) groups is 2. The summed E-state index contributed by atoms with van der Waals surface area (Å²) >= 11 is 0. The van der Waals surface area contributed by atoms with E-state index in [0.29, 0.717) is 30.2 Å². The van der Waals surface area contributed by atoms with Gasteiger partial charge in [-0.3, -0.25) is 9.59 Å². The lowest BCUT2D eigenvalue weighted by atomic mass is 9.95. The lowest BCUT2D eigenvalue weighted by Crippen LogP contribution is -3.11. The molecule has 0 aromatic heterocycles. The van der Waals surface area contributed by atoms with Gasteiger partial charge in [0.05, 0.1) is 38.4 Å². The predicted molar refractivity (Wildman–Crippen MR) is 142 cm³/mol. The van der Waals surface area contributed by atoms with Crippen molar-refractivity contribution in [3.8, 4) is 11.5 Å². The third-order valence-electron chi connectivity index (χ3n) is 6.62. The van der Waals surface area contributed by atoms with E-state index in [1.54, 1.807) is 29.2 Å². The fourth-order valence-electron chi connectivity index (χ4n) is 4.63. The molecule has 1 atom stereocenters. The fraction of sp³-hybridized carbons (Fsp3) is 0.467. The second kappa shape index (κ2) is 13.3. The lowest BCUT2D eigenvalue weighted by Gasteiger charge is -2.28. The monoisotopic (exact) mass is 508 g/mol. The molecule has 0 bridgehead atoms. The molecule has 1 N–H and O–H groups in total. The molecule has 1 unspecified atom stereocenters. The molecule has 1 saturated heterocycles. The highest BCUT2D eigenvalue weighted by molar-refractivity contribution is 6.46. The van der Waals surface area contributed by atoms with Crippen LogP contribution < -0.4 is 19.5 Å². The van der Waals surface area contributed by atoms with Crippen molar-refractivity contribution in [1.82, 2.24) is 4.90 Å². The zero-order valence-corrected chi connectivity index (χ0v) is 22.7. The number of likely N-dealkylation sites (tertiary alicyclic amines) is 1. The van der Waals surface area contributed by atoms with E-state index in [-0.39, 0.29) is 11.7 Å². The number of nitrogens with one attached hydrogen (secondary N) is 1. The van der Waals surface area contributed by atoms with Crippen molar-refractivity contribution in [2.45, 2.75) is 59.6 Å². The maximum Gasteiger partial charge on any atom is 0.295 e. The van der Waals surface area contributed by atoms with Gasteiger partial charge in [-0.05, 0) is 69.5 Å². The summed E-state index contributed by atoms with van der Waals surface area (Å²) in [5.74, 6) is -0.410. The molecule has 2 aromatic carbocycles. The number of carbonyl (C=O) groups excluding carboxylic acids is 2. The molecule has 200 valence electrons. The van der Waals surface area contributed by atoms with Gasteiger partial charge >= 0.3 is 0 Å². The molecule has 2 aromatic rings. The van der Waals surface area contributed by atoms with E-state index in [1.165, 1.54) is 4.90 Å². The smallest absolute Gasteiger partial charge is 0.295 e. The lowest BCUT2D eigenvalue weighted by molar-refractivity contribution is -0.896. The summed E-state index contributed by atoms with van der Waals surface area (Å²) in [6, 6.07) is 13.3. The van der Waals surface area contributed by atoms with Crippen molar-refractivity contribution in [3.05, 3.63) is 65.2 Å². The molecule has 1 aliphatic rings. The summed E-state index contributed by atoms with van der Waals surface area (Å²) in [6.45, 7) is 14.1. The number of amides is 1. The SMILES string of the molecule is CCCOc1ccc(C2C(=C([O-])c3ccc(OC(C)C)cc3)C(=O)C(=O)N2CCC[NH+](CC)CC)cc1. The summed E-state index contributed by atoms with van der Waals surface area (Å²) in [4.78, 5) is 29.4. The quantitative estimate of drug-likeness (QED) is 0.256. The van der Waals surface area contributed by atoms with Crippen LogP contribution in [0.15, 0.2) is 54.1 Å². The number of ether oxygens (including phenoxy) is 2. The number of benzene rings is 2. The van der Waals surface area contributed by atoms with Crippen molar-refractivity contribution in [2.24, 2.45) is 0 Å². The van der Waals surface area contributed by atoms with Crippen LogP contribution in [0.2, 0.25) is 0 Å². The number of quaternary nitrogens is 1. The van der Waals surface area contributed by atoms with Crippen LogP contribution in [-0.2, 0) is 9.59 Å². The second-order valence-electron chi connectivity index (χ2n) is 9.64. The number of hydrogen-bond donors (Lipinski definition) is 1. The van der Waals surface area contributed by atoms with Gasteiger partial charge in [0.15, 0.2) is 0 Å². The van der Waals surface area contributed by atoms with E-state index in [2.05, 4.69) is 13.8 Å². The van der Waals surface area contributed by atoms with Crippen molar-refractivity contribution in [2.75, 3.05) is 32.8 Å². The maximum absolute atomic E-state index is 13.6. The Bertz CT molecular complexity index is 1070. The molecule has 0 aliphatic carbocycles. The van der Waals surface area contributed by atoms with E-state index in [1.807, 2.05) is 45.0 Å². The van der Waals surface area contributed by atoms with Crippen LogP contribution in [0.4, 0.5) is 0 Å². The summed E-state index contributed by atoms with van der Waals surface area (Å²) in [6.07, 6.45) is 1.64. The van der Waals surface area contributed by atoms with Gasteiger partial charge < -0.3 is 24.4 Å². The van der Waals surface area contributed by atoms with Gasteiger partial charge in [0.1, 0.15) is 11.5 Å². The third kappa shape index (κ3) is 6.92. The first-order valence-electron chi connectivity index (χ1n) is 13.4.